The van der Waals surface area contributed by atoms with Gasteiger partial charge in [-0.15, -0.1) is 0 Å². The van der Waals surface area contributed by atoms with E-state index in [4.69, 9.17) is 20.4 Å². The number of hydrogen-bond donors (Lipinski definition) is 1. The Morgan fingerprint density at radius 2 is 1.55 bits per heavy atom. The molecule has 0 unspecified atom stereocenters. The second-order valence-corrected chi connectivity index (χ2v) is 9.54. The van der Waals surface area contributed by atoms with Crippen molar-refractivity contribution < 1.29 is 18.4 Å². The minimum absolute atomic E-state index is 0.0876. The van der Waals surface area contributed by atoms with Crippen LogP contribution in [0.1, 0.15) is 21.1 Å². The average Bonchev–Trinajstić information content (AvgIpc) is 3.61. The van der Waals surface area contributed by atoms with Crippen molar-refractivity contribution in [3.8, 4) is 11.3 Å². The lowest BCUT2D eigenvalue weighted by Gasteiger charge is -2.35. The van der Waals surface area contributed by atoms with Gasteiger partial charge in [-0.25, -0.2) is 0 Å². The summed E-state index contributed by atoms with van der Waals surface area (Å²) in [7, 11) is 0. The van der Waals surface area contributed by atoms with E-state index in [2.05, 4.69) is 10.2 Å². The summed E-state index contributed by atoms with van der Waals surface area (Å²) < 4.78 is 11.5. The number of nitrogens with zero attached hydrogens (tertiary/aromatic N) is 2. The fraction of sp³-hybridized carbons (Fsp3) is 0.133. The summed E-state index contributed by atoms with van der Waals surface area (Å²) in [5.41, 5.74) is 3.22. The molecule has 2 amide bonds. The van der Waals surface area contributed by atoms with Crippen LogP contribution >= 0.6 is 11.6 Å². The number of carbonyl (C=O) groups is 2. The summed E-state index contributed by atoms with van der Waals surface area (Å²) in [5.74, 6) is 0.746. The molecular formula is C30H24ClN3O4. The van der Waals surface area contributed by atoms with Gasteiger partial charge >= 0.3 is 0 Å². The standard InChI is InChI=1S/C30H24ClN3O4/c31-22-6-3-5-20(18-22)26-12-13-27(37-26)29(35)32-23-8-10-24(11-9-23)33-14-16-34(17-15-33)30(36)28-19-21-4-1-2-7-25(21)38-28/h1-13,18-19H,14-17H2,(H,32,35). The summed E-state index contributed by atoms with van der Waals surface area (Å²) in [6.45, 7) is 2.61. The number of para-hydroxylation sites is 1. The Labute approximate surface area is 224 Å². The van der Waals surface area contributed by atoms with E-state index in [-0.39, 0.29) is 17.6 Å². The number of rotatable bonds is 5. The van der Waals surface area contributed by atoms with Crippen molar-refractivity contribution in [1.82, 2.24) is 4.90 Å². The Kier molecular flexibility index (Phi) is 6.35. The van der Waals surface area contributed by atoms with E-state index in [0.29, 0.717) is 48.4 Å². The summed E-state index contributed by atoms with van der Waals surface area (Å²) in [5, 5.41) is 4.40. The third kappa shape index (κ3) is 4.88. The molecule has 1 saturated heterocycles. The van der Waals surface area contributed by atoms with E-state index in [0.717, 1.165) is 22.2 Å². The van der Waals surface area contributed by atoms with E-state index >= 15 is 0 Å². The predicted molar refractivity (Wildman–Crippen MR) is 148 cm³/mol. The Hall–Kier alpha value is -4.49. The highest BCUT2D eigenvalue weighted by Crippen LogP contribution is 2.26. The molecule has 0 aliphatic carbocycles. The van der Waals surface area contributed by atoms with Crippen molar-refractivity contribution in [2.75, 3.05) is 36.4 Å². The maximum absolute atomic E-state index is 12.9. The Morgan fingerprint density at radius 1 is 0.763 bits per heavy atom. The predicted octanol–water partition coefficient (Wildman–Crippen LogP) is 6.56. The SMILES string of the molecule is O=C(Nc1ccc(N2CCN(C(=O)c3cc4ccccc4o3)CC2)cc1)c1ccc(-c2cccc(Cl)c2)o1. The molecule has 0 spiro atoms. The lowest BCUT2D eigenvalue weighted by Crippen LogP contribution is -2.48. The van der Waals surface area contributed by atoms with Crippen LogP contribution in [0.25, 0.3) is 22.3 Å². The Balaban J connectivity index is 1.05. The highest BCUT2D eigenvalue weighted by atomic mass is 35.5. The summed E-state index contributed by atoms with van der Waals surface area (Å²) in [4.78, 5) is 29.7. The van der Waals surface area contributed by atoms with Crippen molar-refractivity contribution >= 4 is 45.8 Å². The van der Waals surface area contributed by atoms with Gasteiger partial charge in [0.15, 0.2) is 11.5 Å². The molecule has 6 rings (SSSR count). The third-order valence-corrected chi connectivity index (χ3v) is 6.87. The monoisotopic (exact) mass is 525 g/mol. The molecule has 8 heteroatoms. The van der Waals surface area contributed by atoms with Crippen molar-refractivity contribution in [2.45, 2.75) is 0 Å². The van der Waals surface area contributed by atoms with Crippen molar-refractivity contribution in [1.29, 1.82) is 0 Å². The Bertz CT molecular complexity index is 1580. The minimum Gasteiger partial charge on any atom is -0.451 e. The van der Waals surface area contributed by atoms with E-state index in [1.165, 1.54) is 0 Å². The van der Waals surface area contributed by atoms with Gasteiger partial charge in [-0.3, -0.25) is 9.59 Å². The first-order valence-electron chi connectivity index (χ1n) is 12.3. The summed E-state index contributed by atoms with van der Waals surface area (Å²) in [6.07, 6.45) is 0. The molecule has 2 aromatic heterocycles. The van der Waals surface area contributed by atoms with Crippen LogP contribution in [0.2, 0.25) is 5.02 Å². The van der Waals surface area contributed by atoms with E-state index in [9.17, 15) is 9.59 Å². The van der Waals surface area contributed by atoms with Crippen molar-refractivity contribution in [3.05, 3.63) is 108 Å². The molecule has 190 valence electrons. The highest BCUT2D eigenvalue weighted by molar-refractivity contribution is 6.30. The average molecular weight is 526 g/mol. The number of anilines is 2. The van der Waals surface area contributed by atoms with Crippen LogP contribution in [0, 0.1) is 0 Å². The molecule has 7 nitrogen and oxygen atoms in total. The molecule has 1 aliphatic heterocycles. The van der Waals surface area contributed by atoms with E-state index in [1.807, 2.05) is 65.6 Å². The van der Waals surface area contributed by atoms with Crippen LogP contribution < -0.4 is 10.2 Å². The second kappa shape index (κ2) is 10.1. The molecule has 3 heterocycles. The molecule has 1 N–H and O–H groups in total. The quantitative estimate of drug-likeness (QED) is 0.281. The first-order chi connectivity index (χ1) is 18.5. The maximum atomic E-state index is 12.9. The number of fused-ring (bicyclic) bond motifs is 1. The van der Waals surface area contributed by atoms with Crippen LogP contribution in [0.3, 0.4) is 0 Å². The molecule has 1 fully saturated rings. The molecule has 0 radical (unpaired) electrons. The number of hydrogen-bond acceptors (Lipinski definition) is 5. The third-order valence-electron chi connectivity index (χ3n) is 6.63. The first-order valence-corrected chi connectivity index (χ1v) is 12.7. The fourth-order valence-corrected chi connectivity index (χ4v) is 4.81. The van der Waals surface area contributed by atoms with Crippen LogP contribution in [0.15, 0.2) is 99.8 Å². The van der Waals surface area contributed by atoms with Gasteiger partial charge in [-0.1, -0.05) is 41.9 Å². The smallest absolute Gasteiger partial charge is 0.291 e. The van der Waals surface area contributed by atoms with Crippen molar-refractivity contribution in [2.24, 2.45) is 0 Å². The zero-order valence-electron chi connectivity index (χ0n) is 20.4. The Morgan fingerprint density at radius 3 is 2.32 bits per heavy atom. The molecule has 5 aromatic rings. The van der Waals surface area contributed by atoms with Crippen molar-refractivity contribution in [3.63, 3.8) is 0 Å². The molecule has 1 aliphatic rings. The normalized spacial score (nSPS) is 13.6. The molecule has 0 bridgehead atoms. The van der Waals surface area contributed by atoms with Gasteiger partial charge in [-0.05, 0) is 60.7 Å². The number of carbonyl (C=O) groups excluding carboxylic acids is 2. The highest BCUT2D eigenvalue weighted by Gasteiger charge is 2.25. The van der Waals surface area contributed by atoms with Gasteiger partial charge in [0.05, 0.1) is 0 Å². The number of halogens is 1. The minimum atomic E-state index is -0.330. The molecule has 0 saturated carbocycles. The van der Waals surface area contributed by atoms with Crippen LogP contribution in [0.5, 0.6) is 0 Å². The second-order valence-electron chi connectivity index (χ2n) is 9.10. The topological polar surface area (TPSA) is 78.9 Å². The van der Waals surface area contributed by atoms with Gasteiger partial charge in [0, 0.05) is 53.5 Å². The van der Waals surface area contributed by atoms with E-state index < -0.39 is 0 Å². The first kappa shape index (κ1) is 23.9. The van der Waals surface area contributed by atoms with Gasteiger partial charge in [0.25, 0.3) is 11.8 Å². The van der Waals surface area contributed by atoms with Crippen LogP contribution in [-0.2, 0) is 0 Å². The molecule has 3 aromatic carbocycles. The number of amides is 2. The zero-order valence-corrected chi connectivity index (χ0v) is 21.1. The van der Waals surface area contributed by atoms with Gasteiger partial charge in [0.2, 0.25) is 0 Å². The lowest BCUT2D eigenvalue weighted by atomic mass is 10.2. The lowest BCUT2D eigenvalue weighted by molar-refractivity contribution is 0.0717. The molecular weight excluding hydrogens is 502 g/mol. The van der Waals surface area contributed by atoms with Gasteiger partial charge in [-0.2, -0.15) is 0 Å². The van der Waals surface area contributed by atoms with Crippen LogP contribution in [0.4, 0.5) is 11.4 Å². The van der Waals surface area contributed by atoms with Crippen LogP contribution in [-0.4, -0.2) is 42.9 Å². The zero-order chi connectivity index (χ0) is 26.1. The fourth-order valence-electron chi connectivity index (χ4n) is 4.62. The number of furan rings is 2. The number of piperazine rings is 1. The van der Waals surface area contributed by atoms with Gasteiger partial charge in [0.1, 0.15) is 11.3 Å². The summed E-state index contributed by atoms with van der Waals surface area (Å²) in [6, 6.07) is 27.8. The maximum Gasteiger partial charge on any atom is 0.291 e. The largest absolute Gasteiger partial charge is 0.451 e. The van der Waals surface area contributed by atoms with E-state index in [1.54, 1.807) is 30.3 Å². The number of benzene rings is 3. The molecule has 0 atom stereocenters. The summed E-state index contributed by atoms with van der Waals surface area (Å²) >= 11 is 6.06. The van der Waals surface area contributed by atoms with Gasteiger partial charge < -0.3 is 24.0 Å². The molecule has 38 heavy (non-hydrogen) atoms. The number of nitrogens with one attached hydrogen (secondary N) is 1.